The molecule has 9 heteroatoms. The van der Waals surface area contributed by atoms with Gasteiger partial charge in [0.2, 0.25) is 0 Å². The lowest BCUT2D eigenvalue weighted by molar-refractivity contribution is 0.0529. The average Bonchev–Trinajstić information content (AvgIpc) is 3.35. The Balaban J connectivity index is 1.83. The Bertz CT molecular complexity index is 1240. The number of carbonyl (C=O) groups excluding carboxylic acids is 1. The lowest BCUT2D eigenvalue weighted by Gasteiger charge is -2.38. The zero-order chi connectivity index (χ0) is 25.5. The van der Waals surface area contributed by atoms with Crippen LogP contribution in [0.25, 0.3) is 5.52 Å². The topological polar surface area (TPSA) is 56.1 Å². The van der Waals surface area contributed by atoms with Crippen molar-refractivity contribution in [3.63, 3.8) is 0 Å². The van der Waals surface area contributed by atoms with Crippen LogP contribution in [-0.2, 0) is 9.16 Å². The quantitative estimate of drug-likeness (QED) is 0.300. The predicted molar refractivity (Wildman–Crippen MR) is 134 cm³/mol. The van der Waals surface area contributed by atoms with Crippen LogP contribution in [0, 0.1) is 11.6 Å². The van der Waals surface area contributed by atoms with Gasteiger partial charge in [0.25, 0.3) is 0 Å². The Morgan fingerprint density at radius 3 is 2.63 bits per heavy atom. The molecule has 3 heterocycles. The predicted octanol–water partition coefficient (Wildman–Crippen LogP) is 6.13. The Kier molecular flexibility index (Phi) is 6.76. The summed E-state index contributed by atoms with van der Waals surface area (Å²) in [6.45, 7) is 13.2. The van der Waals surface area contributed by atoms with Crippen molar-refractivity contribution < 1.29 is 22.7 Å². The lowest BCUT2D eigenvalue weighted by atomic mass is 10.0. The molecule has 1 aromatic carbocycles. The summed E-state index contributed by atoms with van der Waals surface area (Å²) in [6.07, 6.45) is 1.96. The van der Waals surface area contributed by atoms with Gasteiger partial charge in [-0.15, -0.1) is 5.10 Å². The molecule has 2 atom stereocenters. The number of anilines is 1. The van der Waals surface area contributed by atoms with Crippen LogP contribution in [0.1, 0.15) is 56.1 Å². The number of hydrogen-bond donors (Lipinski definition) is 0. The summed E-state index contributed by atoms with van der Waals surface area (Å²) in [7, 11) is -2.15. The first kappa shape index (κ1) is 25.3. The fourth-order valence-corrected chi connectivity index (χ4v) is 5.72. The molecule has 0 amide bonds. The highest BCUT2D eigenvalue weighted by molar-refractivity contribution is 6.74. The molecule has 0 bridgehead atoms. The van der Waals surface area contributed by atoms with Gasteiger partial charge in [-0.25, -0.2) is 18.1 Å². The molecule has 0 unspecified atom stereocenters. The summed E-state index contributed by atoms with van der Waals surface area (Å²) in [5.74, 6) is -1.15. The molecule has 0 saturated carbocycles. The molecule has 3 aromatic rings. The molecule has 1 aliphatic rings. The van der Waals surface area contributed by atoms with Gasteiger partial charge < -0.3 is 14.1 Å². The minimum absolute atomic E-state index is 0.0147. The van der Waals surface area contributed by atoms with Gasteiger partial charge in [-0.2, -0.15) is 0 Å². The van der Waals surface area contributed by atoms with Gasteiger partial charge in [0.1, 0.15) is 17.2 Å². The van der Waals surface area contributed by atoms with E-state index in [1.54, 1.807) is 23.7 Å². The van der Waals surface area contributed by atoms with Crippen molar-refractivity contribution in [2.24, 2.45) is 0 Å². The van der Waals surface area contributed by atoms with Crippen molar-refractivity contribution >= 4 is 25.6 Å². The zero-order valence-corrected chi connectivity index (χ0v) is 22.1. The number of fused-ring (bicyclic) bond motifs is 1. The summed E-state index contributed by atoms with van der Waals surface area (Å²) in [5, 5.41) is 4.67. The normalized spacial score (nSPS) is 18.9. The minimum Gasteiger partial charge on any atom is -0.462 e. The van der Waals surface area contributed by atoms with E-state index in [2.05, 4.69) is 39.0 Å². The summed E-state index contributed by atoms with van der Waals surface area (Å²) < 4.78 is 42.9. The maximum absolute atomic E-state index is 15.0. The summed E-state index contributed by atoms with van der Waals surface area (Å²) >= 11 is 0. The van der Waals surface area contributed by atoms with Crippen molar-refractivity contribution in [2.75, 3.05) is 18.1 Å². The van der Waals surface area contributed by atoms with E-state index in [4.69, 9.17) is 9.16 Å². The summed E-state index contributed by atoms with van der Waals surface area (Å²) in [4.78, 5) is 14.9. The molecule has 1 saturated heterocycles. The van der Waals surface area contributed by atoms with Crippen molar-refractivity contribution in [3.05, 3.63) is 65.4 Å². The molecule has 6 nitrogen and oxygen atoms in total. The first-order valence-corrected chi connectivity index (χ1v) is 14.9. The largest absolute Gasteiger partial charge is 0.462 e. The van der Waals surface area contributed by atoms with Gasteiger partial charge in [-0.1, -0.05) is 26.8 Å². The molecule has 1 aliphatic heterocycles. The van der Waals surface area contributed by atoms with Gasteiger partial charge in [-0.3, -0.25) is 0 Å². The van der Waals surface area contributed by atoms with E-state index in [-0.39, 0.29) is 23.3 Å². The number of aromatic nitrogens is 2. The van der Waals surface area contributed by atoms with E-state index in [1.165, 1.54) is 6.07 Å². The fourth-order valence-electron chi connectivity index (χ4n) is 4.36. The van der Waals surface area contributed by atoms with Crippen LogP contribution in [0.5, 0.6) is 0 Å². The Morgan fingerprint density at radius 1 is 1.20 bits per heavy atom. The first-order valence-electron chi connectivity index (χ1n) is 12.0. The highest BCUT2D eigenvalue weighted by atomic mass is 28.4. The second-order valence-corrected chi connectivity index (χ2v) is 15.3. The summed E-state index contributed by atoms with van der Waals surface area (Å²) in [5.41, 5.74) is 1.12. The van der Waals surface area contributed by atoms with Crippen LogP contribution in [0.15, 0.2) is 42.6 Å². The summed E-state index contributed by atoms with van der Waals surface area (Å²) in [6, 6.07) is 8.34. The van der Waals surface area contributed by atoms with Crippen molar-refractivity contribution in [1.82, 2.24) is 9.61 Å². The highest BCUT2D eigenvalue weighted by Gasteiger charge is 2.45. The molecule has 0 aliphatic carbocycles. The van der Waals surface area contributed by atoms with E-state index in [1.807, 2.05) is 17.0 Å². The molecule has 0 radical (unpaired) electrons. The second-order valence-electron chi connectivity index (χ2n) is 10.5. The number of rotatable bonds is 6. The minimum atomic E-state index is -2.15. The smallest absolute Gasteiger partial charge is 0.344 e. The van der Waals surface area contributed by atoms with E-state index >= 15 is 4.39 Å². The molecule has 0 N–H and O–H groups in total. The van der Waals surface area contributed by atoms with E-state index in [0.29, 0.717) is 29.9 Å². The molecule has 0 spiro atoms. The van der Waals surface area contributed by atoms with Crippen LogP contribution in [-0.4, -0.2) is 43.2 Å². The van der Waals surface area contributed by atoms with Crippen LogP contribution >= 0.6 is 0 Å². The average molecular weight is 502 g/mol. The van der Waals surface area contributed by atoms with Crippen LogP contribution in [0.2, 0.25) is 18.1 Å². The van der Waals surface area contributed by atoms with Gasteiger partial charge in [-0.05, 0) is 61.8 Å². The molecular weight excluding hydrogens is 468 g/mol. The number of nitrogens with zero attached hydrogens (tertiary/aromatic N) is 3. The number of esters is 1. The number of ether oxygens (including phenoxy) is 1. The number of benzene rings is 1. The Morgan fingerprint density at radius 2 is 1.94 bits per heavy atom. The van der Waals surface area contributed by atoms with Crippen molar-refractivity contribution in [3.8, 4) is 0 Å². The fraction of sp³-hybridized carbons (Fsp3) is 0.462. The molecule has 35 heavy (non-hydrogen) atoms. The van der Waals surface area contributed by atoms with E-state index < -0.39 is 32.0 Å². The molecule has 4 rings (SSSR count). The van der Waals surface area contributed by atoms with Crippen LogP contribution in [0.4, 0.5) is 14.6 Å². The third kappa shape index (κ3) is 4.84. The van der Waals surface area contributed by atoms with Crippen molar-refractivity contribution in [2.45, 2.75) is 64.4 Å². The lowest BCUT2D eigenvalue weighted by Crippen LogP contribution is -2.44. The van der Waals surface area contributed by atoms with Crippen LogP contribution < -0.4 is 4.90 Å². The Labute approximate surface area is 206 Å². The highest BCUT2D eigenvalue weighted by Crippen LogP contribution is 2.44. The standard InChI is InChI=1S/C26H33F2N3O3Si/c1-7-33-25(32)23-21-10-8-9-13-31(21)29-24(23)30-16-18(34-35(5,6)26(2,3)4)15-22(30)19-14-17(27)11-12-20(19)28/h8-14,18,22H,7,15-16H2,1-6H3/t18-,22+/m1/s1. The SMILES string of the molecule is CCOC(=O)c1c(N2C[C@H](O[Si](C)(C)C(C)(C)C)C[C@H]2c2cc(F)ccc2F)nn2ccccc12. The number of halogens is 2. The van der Waals surface area contributed by atoms with Gasteiger partial charge in [0, 0.05) is 18.3 Å². The first-order chi connectivity index (χ1) is 16.4. The zero-order valence-electron chi connectivity index (χ0n) is 21.1. The molecule has 1 fully saturated rings. The molecule has 2 aromatic heterocycles. The monoisotopic (exact) mass is 501 g/mol. The van der Waals surface area contributed by atoms with E-state index in [0.717, 1.165) is 12.1 Å². The molecule has 188 valence electrons. The number of hydrogen-bond acceptors (Lipinski definition) is 5. The number of pyridine rings is 1. The second kappa shape index (κ2) is 9.35. The maximum atomic E-state index is 15.0. The van der Waals surface area contributed by atoms with Gasteiger partial charge in [0.05, 0.1) is 24.3 Å². The van der Waals surface area contributed by atoms with Gasteiger partial charge >= 0.3 is 5.97 Å². The van der Waals surface area contributed by atoms with E-state index in [9.17, 15) is 9.18 Å². The number of carbonyl (C=O) groups is 1. The third-order valence-corrected chi connectivity index (χ3v) is 11.7. The van der Waals surface area contributed by atoms with Gasteiger partial charge in [0.15, 0.2) is 14.1 Å². The maximum Gasteiger partial charge on any atom is 0.344 e. The van der Waals surface area contributed by atoms with Crippen molar-refractivity contribution in [1.29, 1.82) is 0 Å². The Hall–Kier alpha value is -2.78. The third-order valence-electron chi connectivity index (χ3n) is 7.12. The van der Waals surface area contributed by atoms with Crippen LogP contribution in [0.3, 0.4) is 0 Å². The molecular formula is C26H33F2N3O3Si.